The summed E-state index contributed by atoms with van der Waals surface area (Å²) in [7, 11) is 0. The molecule has 4 atom stereocenters. The molecule has 48 heavy (non-hydrogen) atoms. The van der Waals surface area contributed by atoms with E-state index >= 15 is 0 Å². The SMILES string of the molecule is CCC[C@H](NC(=O)[C@@H]1C[C@]2(CC(c3ccccc3)=NO2)CN1C(=O)[C@@H](NC(=O)OCc1ccccc1)C(C)(C)C)C(=O)C(=O)NC1CC1. The van der Waals surface area contributed by atoms with Gasteiger partial charge in [0.1, 0.15) is 18.7 Å². The predicted molar refractivity (Wildman–Crippen MR) is 178 cm³/mol. The van der Waals surface area contributed by atoms with E-state index in [1.807, 2.05) is 88.4 Å². The maximum absolute atomic E-state index is 14.4. The standard InChI is InChI=1S/C36H45N5O7/c1-5-12-26(29(42)32(44)37-25-17-18-25)38-31(43)28-20-36(19-27(40-48-36)24-15-10-7-11-16-24)22-41(28)33(45)30(35(2,3)4)39-34(46)47-21-23-13-8-6-9-14-23/h6-11,13-16,25-26,28,30H,5,12,17-22H2,1-4H3,(H,37,44)(H,38,43)(H,39,46)/t26-,28-,30+,36+/m0/s1. The maximum atomic E-state index is 14.4. The van der Waals surface area contributed by atoms with Gasteiger partial charge in [-0.25, -0.2) is 4.79 Å². The molecule has 2 fully saturated rings. The van der Waals surface area contributed by atoms with Crippen molar-refractivity contribution < 1.29 is 33.5 Å². The summed E-state index contributed by atoms with van der Waals surface area (Å²) in [5.74, 6) is -2.52. The topological polar surface area (TPSA) is 156 Å². The number of carbonyl (C=O) groups is 5. The van der Waals surface area contributed by atoms with E-state index in [-0.39, 0.29) is 32.0 Å². The summed E-state index contributed by atoms with van der Waals surface area (Å²) in [4.78, 5) is 74.7. The number of hydrogen-bond donors (Lipinski definition) is 3. The van der Waals surface area contributed by atoms with E-state index < -0.39 is 58.7 Å². The summed E-state index contributed by atoms with van der Waals surface area (Å²) in [5.41, 5.74) is 0.565. The highest BCUT2D eigenvalue weighted by Gasteiger charge is 2.55. The van der Waals surface area contributed by atoms with Gasteiger partial charge in [-0.15, -0.1) is 0 Å². The highest BCUT2D eigenvalue weighted by Crippen LogP contribution is 2.40. The molecule has 1 aliphatic carbocycles. The Kier molecular flexibility index (Phi) is 10.5. The van der Waals surface area contributed by atoms with Crippen LogP contribution in [0.25, 0.3) is 0 Å². The minimum Gasteiger partial charge on any atom is -0.445 e. The molecule has 12 nitrogen and oxygen atoms in total. The third-order valence-electron chi connectivity index (χ3n) is 8.87. The molecule has 5 rings (SSSR count). The van der Waals surface area contributed by atoms with Crippen molar-refractivity contribution in [3.63, 3.8) is 0 Å². The van der Waals surface area contributed by atoms with Gasteiger partial charge in [-0.1, -0.05) is 99.9 Å². The van der Waals surface area contributed by atoms with Gasteiger partial charge in [0.05, 0.1) is 18.3 Å². The van der Waals surface area contributed by atoms with E-state index in [2.05, 4.69) is 21.1 Å². The zero-order chi connectivity index (χ0) is 34.5. The summed E-state index contributed by atoms with van der Waals surface area (Å²) in [6.45, 7) is 7.33. The zero-order valence-corrected chi connectivity index (χ0v) is 28.0. The van der Waals surface area contributed by atoms with Crippen LogP contribution in [0, 0.1) is 5.41 Å². The lowest BCUT2D eigenvalue weighted by molar-refractivity contribution is -0.144. The number of carbonyl (C=O) groups excluding carboxylic acids is 5. The minimum absolute atomic E-state index is 0.0122. The third-order valence-corrected chi connectivity index (χ3v) is 8.87. The van der Waals surface area contributed by atoms with Gasteiger partial charge in [0, 0.05) is 18.9 Å². The van der Waals surface area contributed by atoms with Crippen molar-refractivity contribution in [3.05, 3.63) is 71.8 Å². The second-order valence-corrected chi connectivity index (χ2v) is 14.0. The Labute approximate surface area is 281 Å². The molecule has 0 aromatic heterocycles. The highest BCUT2D eigenvalue weighted by atomic mass is 16.7. The highest BCUT2D eigenvalue weighted by molar-refractivity contribution is 6.38. The lowest BCUT2D eigenvalue weighted by atomic mass is 9.85. The fourth-order valence-corrected chi connectivity index (χ4v) is 6.08. The number of likely N-dealkylation sites (tertiary alicyclic amines) is 1. The van der Waals surface area contributed by atoms with E-state index in [0.717, 1.165) is 24.0 Å². The second kappa shape index (κ2) is 14.6. The lowest BCUT2D eigenvalue weighted by Crippen LogP contribution is -2.59. The smallest absolute Gasteiger partial charge is 0.408 e. The molecule has 0 unspecified atom stereocenters. The average Bonchev–Trinajstić information content (AvgIpc) is 3.66. The quantitative estimate of drug-likeness (QED) is 0.294. The molecule has 2 heterocycles. The zero-order valence-electron chi connectivity index (χ0n) is 28.0. The molecule has 12 heteroatoms. The van der Waals surface area contributed by atoms with Gasteiger partial charge in [-0.3, -0.25) is 19.2 Å². The van der Waals surface area contributed by atoms with E-state index in [9.17, 15) is 24.0 Å². The third kappa shape index (κ3) is 8.39. The molecule has 0 bridgehead atoms. The Morgan fingerprint density at radius 1 is 1.00 bits per heavy atom. The van der Waals surface area contributed by atoms with Crippen LogP contribution in [0.2, 0.25) is 0 Å². The summed E-state index contributed by atoms with van der Waals surface area (Å²) < 4.78 is 5.44. The number of alkyl carbamates (subject to hydrolysis) is 1. The number of hydrogen-bond acceptors (Lipinski definition) is 8. The van der Waals surface area contributed by atoms with Crippen LogP contribution in [0.3, 0.4) is 0 Å². The van der Waals surface area contributed by atoms with Gasteiger partial charge < -0.3 is 30.4 Å². The predicted octanol–water partition coefficient (Wildman–Crippen LogP) is 3.62. The number of benzene rings is 2. The molecule has 1 saturated heterocycles. The van der Waals surface area contributed by atoms with Crippen LogP contribution in [-0.4, -0.2) is 76.5 Å². The number of nitrogens with one attached hydrogen (secondary N) is 3. The van der Waals surface area contributed by atoms with Crippen LogP contribution in [0.5, 0.6) is 0 Å². The Hall–Kier alpha value is -4.74. The molecule has 256 valence electrons. The van der Waals surface area contributed by atoms with Crippen LogP contribution in [0.1, 0.15) is 77.3 Å². The summed E-state index contributed by atoms with van der Waals surface area (Å²) in [6, 6.07) is 15.5. The molecule has 2 aromatic rings. The first kappa shape index (κ1) is 34.6. The van der Waals surface area contributed by atoms with Crippen LogP contribution >= 0.6 is 0 Å². The minimum atomic E-state index is -1.07. The largest absolute Gasteiger partial charge is 0.445 e. The van der Waals surface area contributed by atoms with E-state index in [1.54, 1.807) is 0 Å². The van der Waals surface area contributed by atoms with E-state index in [1.165, 1.54) is 4.90 Å². The van der Waals surface area contributed by atoms with Crippen LogP contribution < -0.4 is 16.0 Å². The summed E-state index contributed by atoms with van der Waals surface area (Å²) in [6.07, 6.45) is 2.11. The molecule has 3 aliphatic rings. The number of oxime groups is 1. The Morgan fingerprint density at radius 3 is 2.29 bits per heavy atom. The second-order valence-electron chi connectivity index (χ2n) is 14.0. The van der Waals surface area contributed by atoms with Gasteiger partial charge in [0.2, 0.25) is 17.6 Å². The van der Waals surface area contributed by atoms with Gasteiger partial charge >= 0.3 is 6.09 Å². The molecule has 2 aromatic carbocycles. The number of ketones is 1. The van der Waals surface area contributed by atoms with Crippen LogP contribution in [-0.2, 0) is 35.4 Å². The average molecular weight is 660 g/mol. The molecule has 2 aliphatic heterocycles. The first-order valence-electron chi connectivity index (χ1n) is 16.6. The Morgan fingerprint density at radius 2 is 1.67 bits per heavy atom. The molecule has 1 saturated carbocycles. The molecule has 1 spiro atoms. The maximum Gasteiger partial charge on any atom is 0.408 e. The Bertz CT molecular complexity index is 1540. The van der Waals surface area contributed by atoms with Gasteiger partial charge in [-0.05, 0) is 35.8 Å². The van der Waals surface area contributed by atoms with Crippen LogP contribution in [0.15, 0.2) is 65.8 Å². The van der Waals surface area contributed by atoms with Gasteiger partial charge in [0.15, 0.2) is 5.60 Å². The molecule has 4 amide bonds. The Balaban J connectivity index is 1.37. The van der Waals surface area contributed by atoms with E-state index in [0.29, 0.717) is 18.6 Å². The number of ether oxygens (including phenoxy) is 1. The normalized spacial score (nSPS) is 21.5. The molecular weight excluding hydrogens is 614 g/mol. The first-order chi connectivity index (χ1) is 22.9. The van der Waals surface area contributed by atoms with Gasteiger partial charge in [-0.2, -0.15) is 0 Å². The van der Waals surface area contributed by atoms with Crippen molar-refractivity contribution in [1.29, 1.82) is 0 Å². The van der Waals surface area contributed by atoms with Crippen molar-refractivity contribution in [3.8, 4) is 0 Å². The first-order valence-corrected chi connectivity index (χ1v) is 16.6. The van der Waals surface area contributed by atoms with E-state index in [4.69, 9.17) is 9.57 Å². The summed E-state index contributed by atoms with van der Waals surface area (Å²) >= 11 is 0. The van der Waals surface area contributed by atoms with Crippen LogP contribution in [0.4, 0.5) is 4.79 Å². The fraction of sp³-hybridized carbons (Fsp3) is 0.500. The van der Waals surface area contributed by atoms with Gasteiger partial charge in [0.25, 0.3) is 5.91 Å². The number of Topliss-reactive ketones (excluding diaryl/α,β-unsaturated/α-hetero) is 1. The fourth-order valence-electron chi connectivity index (χ4n) is 6.08. The van der Waals surface area contributed by atoms with Crippen molar-refractivity contribution in [2.24, 2.45) is 10.6 Å². The van der Waals surface area contributed by atoms with Crippen molar-refractivity contribution in [2.75, 3.05) is 6.54 Å². The van der Waals surface area contributed by atoms with Crippen molar-refractivity contribution in [2.45, 2.75) is 103 Å². The molecule has 0 radical (unpaired) electrons. The van der Waals surface area contributed by atoms with Crippen molar-refractivity contribution in [1.82, 2.24) is 20.9 Å². The number of amides is 4. The molecular formula is C36H45N5O7. The lowest BCUT2D eigenvalue weighted by Gasteiger charge is -2.35. The molecule has 3 N–H and O–H groups in total. The number of nitrogens with zero attached hydrogens (tertiary/aromatic N) is 2. The monoisotopic (exact) mass is 659 g/mol. The summed E-state index contributed by atoms with van der Waals surface area (Å²) in [5, 5.41) is 12.6. The van der Waals surface area contributed by atoms with Crippen molar-refractivity contribution >= 4 is 35.3 Å². The number of rotatable bonds is 12.